The number of carbonyl (C=O) groups excluding carboxylic acids is 1. The molecule has 13 heavy (non-hydrogen) atoms. The van der Waals surface area contributed by atoms with Crippen molar-refractivity contribution in [3.8, 4) is 0 Å². The molecule has 1 amide bonds. The van der Waals surface area contributed by atoms with Gasteiger partial charge >= 0.3 is 0 Å². The molecule has 1 aliphatic carbocycles. The van der Waals surface area contributed by atoms with Gasteiger partial charge in [0.05, 0.1) is 0 Å². The fourth-order valence-electron chi connectivity index (χ4n) is 2.45. The van der Waals surface area contributed by atoms with Gasteiger partial charge in [0.15, 0.2) is 0 Å². The molecule has 1 aliphatic heterocycles. The van der Waals surface area contributed by atoms with Gasteiger partial charge < -0.3 is 10.0 Å². The average molecular weight is 181 g/mol. The monoisotopic (exact) mass is 181 g/mol. The number of hydrogen-bond acceptors (Lipinski definition) is 2. The first-order valence-corrected chi connectivity index (χ1v) is 4.75. The van der Waals surface area contributed by atoms with Crippen molar-refractivity contribution in [1.82, 2.24) is 4.90 Å². The Labute approximate surface area is 78.0 Å². The second-order valence-electron chi connectivity index (χ2n) is 4.15. The number of amides is 1. The molecule has 1 N–H and O–H groups in total. The maximum absolute atomic E-state index is 11.7. The molecule has 2 rings (SSSR count). The number of carbonyl (C=O) groups is 1. The largest absolute Gasteiger partial charge is 0.374 e. The highest BCUT2D eigenvalue weighted by molar-refractivity contribution is 5.82. The van der Waals surface area contributed by atoms with Crippen molar-refractivity contribution >= 4 is 5.91 Å². The third kappa shape index (κ3) is 1.27. The number of aliphatic hydroxyl groups is 1. The highest BCUT2D eigenvalue weighted by atomic mass is 16.3. The number of rotatable bonds is 1. The number of nitrogens with zero attached hydrogens (tertiary/aromatic N) is 1. The van der Waals surface area contributed by atoms with Gasteiger partial charge in [0, 0.05) is 12.5 Å². The average Bonchev–Trinajstić information content (AvgIpc) is 2.51. The molecule has 1 heterocycles. The lowest BCUT2D eigenvalue weighted by molar-refractivity contribution is -0.138. The summed E-state index contributed by atoms with van der Waals surface area (Å²) in [4.78, 5) is 13.3. The van der Waals surface area contributed by atoms with Gasteiger partial charge in [-0.05, 0) is 25.7 Å². The Hall–Kier alpha value is -0.830. The minimum Gasteiger partial charge on any atom is -0.374 e. The fourth-order valence-corrected chi connectivity index (χ4v) is 2.45. The third-order valence-corrected chi connectivity index (χ3v) is 3.11. The van der Waals surface area contributed by atoms with Crippen LogP contribution in [0.2, 0.25) is 0 Å². The Morgan fingerprint density at radius 1 is 1.62 bits per heavy atom. The Morgan fingerprint density at radius 3 is 2.85 bits per heavy atom. The molecule has 0 spiro atoms. The van der Waals surface area contributed by atoms with E-state index in [1.54, 1.807) is 11.8 Å². The molecule has 1 saturated heterocycles. The molecule has 0 unspecified atom stereocenters. The number of aliphatic hydroxyl groups excluding tert-OH is 1. The number of hydrogen-bond donors (Lipinski definition) is 1. The zero-order valence-electron chi connectivity index (χ0n) is 7.86. The van der Waals surface area contributed by atoms with Crippen molar-refractivity contribution < 1.29 is 9.90 Å². The molecule has 0 aromatic carbocycles. The molecular weight excluding hydrogens is 166 g/mol. The van der Waals surface area contributed by atoms with Crippen molar-refractivity contribution in [2.24, 2.45) is 11.8 Å². The summed E-state index contributed by atoms with van der Waals surface area (Å²) in [6.07, 6.45) is 1.15. The third-order valence-electron chi connectivity index (χ3n) is 3.11. The van der Waals surface area contributed by atoms with Crippen LogP contribution in [0.3, 0.4) is 0 Å². The molecule has 3 nitrogen and oxygen atoms in total. The van der Waals surface area contributed by atoms with Gasteiger partial charge in [-0.1, -0.05) is 12.2 Å². The van der Waals surface area contributed by atoms with Crippen molar-refractivity contribution in [3.63, 3.8) is 0 Å². The van der Waals surface area contributed by atoms with E-state index in [9.17, 15) is 9.90 Å². The lowest BCUT2D eigenvalue weighted by Crippen LogP contribution is -2.35. The van der Waals surface area contributed by atoms with Crippen LogP contribution in [-0.4, -0.2) is 28.7 Å². The second kappa shape index (κ2) is 2.84. The van der Waals surface area contributed by atoms with Crippen LogP contribution in [0, 0.1) is 11.8 Å². The van der Waals surface area contributed by atoms with E-state index in [0.29, 0.717) is 12.5 Å². The van der Waals surface area contributed by atoms with Crippen molar-refractivity contribution in [3.05, 3.63) is 12.2 Å². The van der Waals surface area contributed by atoms with Crippen LogP contribution in [0.25, 0.3) is 0 Å². The van der Waals surface area contributed by atoms with Gasteiger partial charge in [0.1, 0.15) is 6.23 Å². The number of fused-ring (bicyclic) bond motifs is 1. The van der Waals surface area contributed by atoms with Crippen LogP contribution in [0.4, 0.5) is 0 Å². The molecule has 2 aliphatic rings. The molecule has 72 valence electrons. The lowest BCUT2D eigenvalue weighted by Gasteiger charge is -2.20. The van der Waals surface area contributed by atoms with Gasteiger partial charge in [0.2, 0.25) is 5.91 Å². The standard InChI is InChI=1S/C10H15NO2/c1-6-3-8-5-11(7(2)12)10(13)9(8)4-6/h7-9,12H,1,3-5H2,2H3/t7-,8-,9-/m0/s1. The zero-order valence-corrected chi connectivity index (χ0v) is 7.86. The van der Waals surface area contributed by atoms with Crippen LogP contribution in [0.5, 0.6) is 0 Å². The summed E-state index contributed by atoms with van der Waals surface area (Å²) >= 11 is 0. The first-order valence-electron chi connectivity index (χ1n) is 4.75. The molecule has 0 aromatic heterocycles. The molecule has 0 radical (unpaired) electrons. The van der Waals surface area contributed by atoms with E-state index in [0.717, 1.165) is 12.8 Å². The van der Waals surface area contributed by atoms with Crippen molar-refractivity contribution in [1.29, 1.82) is 0 Å². The Balaban J connectivity index is 2.13. The highest BCUT2D eigenvalue weighted by Crippen LogP contribution is 2.41. The molecule has 2 fully saturated rings. The minimum atomic E-state index is -0.633. The summed E-state index contributed by atoms with van der Waals surface area (Å²) in [5, 5.41) is 9.33. The summed E-state index contributed by atoms with van der Waals surface area (Å²) < 4.78 is 0. The highest BCUT2D eigenvalue weighted by Gasteiger charge is 2.45. The maximum Gasteiger partial charge on any atom is 0.228 e. The zero-order chi connectivity index (χ0) is 9.59. The van der Waals surface area contributed by atoms with Crippen LogP contribution in [-0.2, 0) is 4.79 Å². The lowest BCUT2D eigenvalue weighted by atomic mass is 10.0. The quantitative estimate of drug-likeness (QED) is 0.606. The minimum absolute atomic E-state index is 0.110. The Bertz CT molecular complexity index is 260. The summed E-state index contributed by atoms with van der Waals surface area (Å²) in [6, 6.07) is 0. The fraction of sp³-hybridized carbons (Fsp3) is 0.700. The Morgan fingerprint density at radius 2 is 2.31 bits per heavy atom. The van der Waals surface area contributed by atoms with Crippen LogP contribution in [0.1, 0.15) is 19.8 Å². The van der Waals surface area contributed by atoms with Gasteiger partial charge in [0.25, 0.3) is 0 Å². The van der Waals surface area contributed by atoms with E-state index in [1.807, 2.05) is 0 Å². The van der Waals surface area contributed by atoms with Gasteiger partial charge in [-0.15, -0.1) is 0 Å². The van der Waals surface area contributed by atoms with Gasteiger partial charge in [-0.25, -0.2) is 0 Å². The van der Waals surface area contributed by atoms with E-state index in [4.69, 9.17) is 0 Å². The number of allylic oxidation sites excluding steroid dienone is 1. The van der Waals surface area contributed by atoms with Crippen molar-refractivity contribution in [2.75, 3.05) is 6.54 Å². The van der Waals surface area contributed by atoms with E-state index in [1.165, 1.54) is 5.57 Å². The van der Waals surface area contributed by atoms with Crippen LogP contribution >= 0.6 is 0 Å². The predicted molar refractivity (Wildman–Crippen MR) is 48.7 cm³/mol. The van der Waals surface area contributed by atoms with E-state index in [2.05, 4.69) is 6.58 Å². The Kier molecular flexibility index (Phi) is 1.91. The first-order chi connectivity index (χ1) is 6.09. The molecule has 0 bridgehead atoms. The summed E-state index contributed by atoms with van der Waals surface area (Å²) in [5.41, 5.74) is 1.19. The second-order valence-corrected chi connectivity index (χ2v) is 4.15. The summed E-state index contributed by atoms with van der Waals surface area (Å²) in [6.45, 7) is 6.26. The van der Waals surface area contributed by atoms with E-state index in [-0.39, 0.29) is 11.8 Å². The smallest absolute Gasteiger partial charge is 0.228 e. The maximum atomic E-state index is 11.7. The topological polar surface area (TPSA) is 40.5 Å². The van der Waals surface area contributed by atoms with E-state index < -0.39 is 6.23 Å². The van der Waals surface area contributed by atoms with Gasteiger partial charge in [-0.2, -0.15) is 0 Å². The van der Waals surface area contributed by atoms with Crippen LogP contribution in [0.15, 0.2) is 12.2 Å². The van der Waals surface area contributed by atoms with E-state index >= 15 is 0 Å². The molecule has 3 heteroatoms. The molecule has 1 saturated carbocycles. The molecule has 3 atom stereocenters. The summed E-state index contributed by atoms with van der Waals surface area (Å²) in [5.74, 6) is 0.635. The SMILES string of the molecule is C=C1C[C@H]2CN([C@H](C)O)C(=O)[C@H]2C1. The molecular formula is C10H15NO2. The van der Waals surface area contributed by atoms with Crippen LogP contribution < -0.4 is 0 Å². The first kappa shape index (κ1) is 8.75. The molecule has 0 aromatic rings. The normalized spacial score (nSPS) is 35.4. The summed E-state index contributed by atoms with van der Waals surface area (Å²) in [7, 11) is 0. The number of likely N-dealkylation sites (tertiary alicyclic amines) is 1. The van der Waals surface area contributed by atoms with Crippen molar-refractivity contribution in [2.45, 2.75) is 26.0 Å². The predicted octanol–water partition coefficient (Wildman–Crippen LogP) is 0.749. The van der Waals surface area contributed by atoms with Gasteiger partial charge in [-0.3, -0.25) is 4.79 Å².